The largest absolute Gasteiger partial charge is 0.497 e. The van der Waals surface area contributed by atoms with Crippen LogP contribution in [-0.2, 0) is 4.79 Å². The molecule has 3 aromatic rings. The lowest BCUT2D eigenvalue weighted by Crippen LogP contribution is -2.17. The number of fused-ring (bicyclic) bond motifs is 1. The number of rotatable bonds is 4. The Morgan fingerprint density at radius 3 is 2.74 bits per heavy atom. The van der Waals surface area contributed by atoms with Crippen molar-refractivity contribution in [2.75, 3.05) is 19.1 Å². The van der Waals surface area contributed by atoms with E-state index in [0.717, 1.165) is 5.39 Å². The highest BCUT2D eigenvalue weighted by atomic mass is 16.5. The van der Waals surface area contributed by atoms with Gasteiger partial charge in [0.15, 0.2) is 5.82 Å². The molecule has 3 rings (SSSR count). The number of benzene rings is 2. The summed E-state index contributed by atoms with van der Waals surface area (Å²) in [7, 11) is 3.15. The lowest BCUT2D eigenvalue weighted by molar-refractivity contribution is -0.107. The number of carbonyl (C=O) groups is 2. The van der Waals surface area contributed by atoms with E-state index in [-0.39, 0.29) is 5.91 Å². The number of nitrogens with zero attached hydrogens (tertiary/aromatic N) is 3. The van der Waals surface area contributed by atoms with E-state index in [0.29, 0.717) is 29.1 Å². The van der Waals surface area contributed by atoms with Gasteiger partial charge in [-0.3, -0.25) is 9.59 Å². The quantitative estimate of drug-likeness (QED) is 0.694. The third-order valence-electron chi connectivity index (χ3n) is 3.57. The van der Waals surface area contributed by atoms with Gasteiger partial charge in [-0.25, -0.2) is 0 Å². The van der Waals surface area contributed by atoms with Crippen molar-refractivity contribution in [1.82, 2.24) is 9.78 Å². The Labute approximate surface area is 132 Å². The number of carbonyl (C=O) groups excluding carboxylic acids is 2. The molecule has 0 aliphatic carbocycles. The first kappa shape index (κ1) is 14.8. The molecule has 0 radical (unpaired) electrons. The number of aromatic nitrogens is 2. The molecule has 0 saturated carbocycles. The summed E-state index contributed by atoms with van der Waals surface area (Å²) in [6.07, 6.45) is 0.662. The van der Waals surface area contributed by atoms with Crippen LogP contribution in [0.5, 0.6) is 5.75 Å². The molecule has 0 aliphatic rings. The Hall–Kier alpha value is -3.15. The second-order valence-corrected chi connectivity index (χ2v) is 5.01. The van der Waals surface area contributed by atoms with Crippen LogP contribution in [0.2, 0.25) is 0 Å². The predicted molar refractivity (Wildman–Crippen MR) is 86.9 cm³/mol. The number of methoxy groups -OCH3 is 1. The van der Waals surface area contributed by atoms with Gasteiger partial charge in [-0.1, -0.05) is 18.2 Å². The summed E-state index contributed by atoms with van der Waals surface area (Å²) in [5.41, 5.74) is 1.10. The molecular weight excluding hydrogens is 294 g/mol. The fourth-order valence-corrected chi connectivity index (χ4v) is 2.39. The summed E-state index contributed by atoms with van der Waals surface area (Å²) in [5, 5.41) is 5.05. The average molecular weight is 309 g/mol. The van der Waals surface area contributed by atoms with Crippen molar-refractivity contribution in [3.8, 4) is 5.75 Å². The third kappa shape index (κ3) is 2.55. The van der Waals surface area contributed by atoms with Gasteiger partial charge in [0, 0.05) is 18.0 Å². The smallest absolute Gasteiger partial charge is 0.278 e. The van der Waals surface area contributed by atoms with Gasteiger partial charge in [-0.15, -0.1) is 5.10 Å². The van der Waals surface area contributed by atoms with Gasteiger partial charge < -0.3 is 9.64 Å². The predicted octanol–water partition coefficient (Wildman–Crippen LogP) is 2.33. The maximum Gasteiger partial charge on any atom is 0.278 e. The summed E-state index contributed by atoms with van der Waals surface area (Å²) in [6, 6.07) is 14.2. The van der Waals surface area contributed by atoms with E-state index in [4.69, 9.17) is 4.74 Å². The molecule has 6 nitrogen and oxygen atoms in total. The molecule has 0 bridgehead atoms. The number of para-hydroxylation sites is 1. The molecule has 0 N–H and O–H groups in total. The molecule has 23 heavy (non-hydrogen) atoms. The van der Waals surface area contributed by atoms with E-state index in [9.17, 15) is 9.59 Å². The zero-order chi connectivity index (χ0) is 16.4. The highest BCUT2D eigenvalue weighted by molar-refractivity contribution is 6.05. The Bertz CT molecular complexity index is 886. The minimum atomic E-state index is -0.286. The Morgan fingerprint density at radius 1 is 1.22 bits per heavy atom. The van der Waals surface area contributed by atoms with Crippen molar-refractivity contribution in [1.29, 1.82) is 0 Å². The van der Waals surface area contributed by atoms with Gasteiger partial charge in [0.2, 0.25) is 6.41 Å². The molecule has 0 atom stereocenters. The molecule has 6 heteroatoms. The summed E-state index contributed by atoms with van der Waals surface area (Å²) < 4.78 is 6.46. The fraction of sp³-hybridized carbons (Fsp3) is 0.118. The zero-order valence-electron chi connectivity index (χ0n) is 12.8. The first-order valence-corrected chi connectivity index (χ1v) is 7.00. The van der Waals surface area contributed by atoms with E-state index in [1.807, 2.05) is 18.2 Å². The molecule has 0 aliphatic heterocycles. The number of hydrogen-bond acceptors (Lipinski definition) is 4. The van der Waals surface area contributed by atoms with Crippen LogP contribution in [0.4, 0.5) is 5.82 Å². The molecule has 1 heterocycles. The van der Waals surface area contributed by atoms with Crippen molar-refractivity contribution in [2.45, 2.75) is 0 Å². The Kier molecular flexibility index (Phi) is 3.80. The van der Waals surface area contributed by atoms with Crippen LogP contribution < -0.4 is 9.64 Å². The fourth-order valence-electron chi connectivity index (χ4n) is 2.39. The Morgan fingerprint density at radius 2 is 2.00 bits per heavy atom. The van der Waals surface area contributed by atoms with Gasteiger partial charge >= 0.3 is 0 Å². The number of hydrogen-bond donors (Lipinski definition) is 0. The molecule has 0 fully saturated rings. The maximum atomic E-state index is 12.8. The van der Waals surface area contributed by atoms with Crippen LogP contribution in [0.25, 0.3) is 10.9 Å². The van der Waals surface area contributed by atoms with Crippen LogP contribution in [0.15, 0.2) is 48.5 Å². The normalized spacial score (nSPS) is 10.5. The van der Waals surface area contributed by atoms with Crippen molar-refractivity contribution in [3.05, 3.63) is 54.1 Å². The lowest BCUT2D eigenvalue weighted by Gasteiger charge is -2.06. The molecule has 0 saturated heterocycles. The van der Waals surface area contributed by atoms with E-state index >= 15 is 0 Å². The highest BCUT2D eigenvalue weighted by Gasteiger charge is 2.19. The van der Waals surface area contributed by atoms with E-state index in [2.05, 4.69) is 5.10 Å². The standard InChI is InChI=1S/C17H15N3O3/c1-19(11-21)16-14-8-3-4-9-15(14)20(18-16)17(22)12-6-5-7-13(10-12)23-2/h3-11H,1-2H3. The topological polar surface area (TPSA) is 64.4 Å². The van der Waals surface area contributed by atoms with E-state index < -0.39 is 0 Å². The van der Waals surface area contributed by atoms with Gasteiger partial charge in [-0.2, -0.15) is 4.68 Å². The van der Waals surface area contributed by atoms with Crippen molar-refractivity contribution >= 4 is 29.0 Å². The molecule has 2 aromatic carbocycles. The average Bonchev–Trinajstić information content (AvgIpc) is 3.00. The molecule has 0 unspecified atom stereocenters. The van der Waals surface area contributed by atoms with Gasteiger partial charge in [0.1, 0.15) is 5.75 Å². The molecular formula is C17H15N3O3. The monoisotopic (exact) mass is 309 g/mol. The molecule has 1 aromatic heterocycles. The summed E-state index contributed by atoms with van der Waals surface area (Å²) in [4.78, 5) is 25.2. The molecule has 0 spiro atoms. The second-order valence-electron chi connectivity index (χ2n) is 5.01. The minimum Gasteiger partial charge on any atom is -0.497 e. The number of amides is 1. The lowest BCUT2D eigenvalue weighted by atomic mass is 10.2. The van der Waals surface area contributed by atoms with Crippen LogP contribution in [0.3, 0.4) is 0 Å². The van der Waals surface area contributed by atoms with Crippen molar-refractivity contribution in [2.24, 2.45) is 0 Å². The zero-order valence-corrected chi connectivity index (χ0v) is 12.8. The molecule has 1 amide bonds. The van der Waals surface area contributed by atoms with Crippen molar-refractivity contribution in [3.63, 3.8) is 0 Å². The molecule has 116 valence electrons. The van der Waals surface area contributed by atoms with Crippen LogP contribution >= 0.6 is 0 Å². The van der Waals surface area contributed by atoms with Crippen LogP contribution in [0.1, 0.15) is 10.4 Å². The highest BCUT2D eigenvalue weighted by Crippen LogP contribution is 2.25. The summed E-state index contributed by atoms with van der Waals surface area (Å²) in [5.74, 6) is 0.745. The number of anilines is 1. The summed E-state index contributed by atoms with van der Waals surface area (Å²) in [6.45, 7) is 0. The minimum absolute atomic E-state index is 0.286. The first-order valence-electron chi connectivity index (χ1n) is 7.00. The second kappa shape index (κ2) is 5.92. The maximum absolute atomic E-state index is 12.8. The summed E-state index contributed by atoms with van der Waals surface area (Å²) >= 11 is 0. The van der Waals surface area contributed by atoms with Crippen molar-refractivity contribution < 1.29 is 14.3 Å². The van der Waals surface area contributed by atoms with Gasteiger partial charge in [-0.05, 0) is 30.3 Å². The van der Waals surface area contributed by atoms with Gasteiger partial charge in [0.05, 0.1) is 12.6 Å². The number of ether oxygens (including phenoxy) is 1. The van der Waals surface area contributed by atoms with Crippen LogP contribution in [0, 0.1) is 0 Å². The first-order chi connectivity index (χ1) is 11.2. The Balaban J connectivity index is 2.15. The van der Waals surface area contributed by atoms with Crippen LogP contribution in [-0.4, -0.2) is 36.3 Å². The van der Waals surface area contributed by atoms with E-state index in [1.54, 1.807) is 44.5 Å². The van der Waals surface area contributed by atoms with Gasteiger partial charge in [0.25, 0.3) is 5.91 Å². The van der Waals surface area contributed by atoms with E-state index in [1.165, 1.54) is 9.58 Å². The third-order valence-corrected chi connectivity index (χ3v) is 3.57. The SMILES string of the molecule is COc1cccc(C(=O)n2nc(N(C)C=O)c3ccccc32)c1.